The van der Waals surface area contributed by atoms with Gasteiger partial charge < -0.3 is 9.72 Å². The first-order valence-electron chi connectivity index (χ1n) is 5.54. The van der Waals surface area contributed by atoms with Crippen molar-refractivity contribution in [1.82, 2.24) is 4.98 Å². The number of H-pyrrole nitrogens is 1. The van der Waals surface area contributed by atoms with Crippen LogP contribution in [0.4, 0.5) is 13.2 Å². The van der Waals surface area contributed by atoms with E-state index in [1.165, 1.54) is 12.1 Å². The molecular formula is C13H14F3NO. The van der Waals surface area contributed by atoms with Crippen LogP contribution in [0.1, 0.15) is 26.5 Å². The number of aromatic amines is 1. The monoisotopic (exact) mass is 257 g/mol. The summed E-state index contributed by atoms with van der Waals surface area (Å²) in [4.78, 5) is 3.19. The molecule has 0 spiro atoms. The second-order valence-corrected chi connectivity index (χ2v) is 5.23. The molecule has 0 saturated heterocycles. The highest BCUT2D eigenvalue weighted by molar-refractivity contribution is 5.82. The largest absolute Gasteiger partial charge is 0.573 e. The van der Waals surface area contributed by atoms with E-state index in [1.54, 1.807) is 6.07 Å². The van der Waals surface area contributed by atoms with Gasteiger partial charge >= 0.3 is 6.36 Å². The second-order valence-electron chi connectivity index (χ2n) is 5.23. The Kier molecular flexibility index (Phi) is 2.80. The summed E-state index contributed by atoms with van der Waals surface area (Å²) in [5.74, 6) is -0.200. The number of hydrogen-bond acceptors (Lipinski definition) is 1. The molecule has 1 aromatic carbocycles. The molecule has 0 unspecified atom stereocenters. The number of ether oxygens (including phenoxy) is 1. The van der Waals surface area contributed by atoms with E-state index < -0.39 is 6.36 Å². The Balaban J connectivity index is 2.40. The lowest BCUT2D eigenvalue weighted by Gasteiger charge is -2.15. The maximum atomic E-state index is 12.1. The predicted molar refractivity (Wildman–Crippen MR) is 63.7 cm³/mol. The Morgan fingerprint density at radius 1 is 1.06 bits per heavy atom. The minimum absolute atomic E-state index is 0.0793. The summed E-state index contributed by atoms with van der Waals surface area (Å²) in [7, 11) is 0. The zero-order chi connectivity index (χ0) is 13.6. The summed E-state index contributed by atoms with van der Waals surface area (Å²) in [6.45, 7) is 6.10. The quantitative estimate of drug-likeness (QED) is 0.806. The summed E-state index contributed by atoms with van der Waals surface area (Å²) in [5, 5.41) is 0.710. The maximum absolute atomic E-state index is 12.1. The van der Waals surface area contributed by atoms with E-state index in [0.29, 0.717) is 5.39 Å². The van der Waals surface area contributed by atoms with Crippen LogP contribution in [-0.2, 0) is 5.41 Å². The Morgan fingerprint density at radius 3 is 2.28 bits per heavy atom. The zero-order valence-corrected chi connectivity index (χ0v) is 10.4. The van der Waals surface area contributed by atoms with Gasteiger partial charge in [-0.25, -0.2) is 0 Å². The van der Waals surface area contributed by atoms with Crippen molar-refractivity contribution >= 4 is 10.9 Å². The molecule has 0 radical (unpaired) electrons. The first-order chi connectivity index (χ1) is 8.15. The highest BCUT2D eigenvalue weighted by Gasteiger charge is 2.31. The van der Waals surface area contributed by atoms with Crippen molar-refractivity contribution in [2.24, 2.45) is 0 Å². The molecule has 0 aliphatic carbocycles. The van der Waals surface area contributed by atoms with E-state index in [0.717, 1.165) is 11.2 Å². The van der Waals surface area contributed by atoms with Gasteiger partial charge in [-0.2, -0.15) is 0 Å². The average Bonchev–Trinajstić information content (AvgIpc) is 2.57. The highest BCUT2D eigenvalue weighted by atomic mass is 19.4. The minimum Gasteiger partial charge on any atom is -0.406 e. The van der Waals surface area contributed by atoms with E-state index in [1.807, 2.05) is 26.8 Å². The van der Waals surface area contributed by atoms with Gasteiger partial charge in [-0.3, -0.25) is 0 Å². The number of fused-ring (bicyclic) bond motifs is 1. The van der Waals surface area contributed by atoms with Gasteiger partial charge in [-0.05, 0) is 24.3 Å². The SMILES string of the molecule is CC(C)(C)c1cc2cc(OC(F)(F)F)ccc2[nH]1. The number of aromatic nitrogens is 1. The second kappa shape index (κ2) is 3.93. The van der Waals surface area contributed by atoms with E-state index in [-0.39, 0.29) is 11.2 Å². The fraction of sp³-hybridized carbons (Fsp3) is 0.385. The molecule has 1 aromatic heterocycles. The minimum atomic E-state index is -4.66. The van der Waals surface area contributed by atoms with Crippen molar-refractivity contribution in [3.05, 3.63) is 30.0 Å². The molecule has 0 atom stereocenters. The summed E-state index contributed by atoms with van der Waals surface area (Å²) in [6, 6.07) is 6.12. The molecule has 0 bridgehead atoms. The fourth-order valence-electron chi connectivity index (χ4n) is 1.71. The molecule has 0 aliphatic rings. The topological polar surface area (TPSA) is 25.0 Å². The number of alkyl halides is 3. The molecule has 0 saturated carbocycles. The third kappa shape index (κ3) is 2.78. The Morgan fingerprint density at radius 2 is 1.72 bits per heavy atom. The van der Waals surface area contributed by atoms with Gasteiger partial charge in [-0.15, -0.1) is 13.2 Å². The first-order valence-corrected chi connectivity index (χ1v) is 5.54. The van der Waals surface area contributed by atoms with Gasteiger partial charge in [0.25, 0.3) is 0 Å². The molecule has 0 aliphatic heterocycles. The van der Waals surface area contributed by atoms with Gasteiger partial charge in [-0.1, -0.05) is 20.8 Å². The Hall–Kier alpha value is -1.65. The number of benzene rings is 1. The van der Waals surface area contributed by atoms with Gasteiger partial charge in [0, 0.05) is 22.0 Å². The Bertz CT molecular complexity index is 564. The van der Waals surface area contributed by atoms with Gasteiger partial charge in [0.15, 0.2) is 0 Å². The highest BCUT2D eigenvalue weighted by Crippen LogP contribution is 2.30. The predicted octanol–water partition coefficient (Wildman–Crippen LogP) is 4.36. The number of halogens is 3. The lowest BCUT2D eigenvalue weighted by atomic mass is 9.92. The molecule has 18 heavy (non-hydrogen) atoms. The summed E-state index contributed by atoms with van der Waals surface area (Å²) < 4.78 is 40.2. The van der Waals surface area contributed by atoms with E-state index >= 15 is 0 Å². The summed E-state index contributed by atoms with van der Waals surface area (Å²) in [6.07, 6.45) is -4.66. The molecule has 98 valence electrons. The van der Waals surface area contributed by atoms with Gasteiger partial charge in [0.1, 0.15) is 5.75 Å². The summed E-state index contributed by atoms with van der Waals surface area (Å²) >= 11 is 0. The zero-order valence-electron chi connectivity index (χ0n) is 10.4. The fourth-order valence-corrected chi connectivity index (χ4v) is 1.71. The Labute approximate surface area is 103 Å². The van der Waals surface area contributed by atoms with Crippen LogP contribution in [0.25, 0.3) is 10.9 Å². The van der Waals surface area contributed by atoms with Crippen molar-refractivity contribution in [2.75, 3.05) is 0 Å². The third-order valence-corrected chi connectivity index (χ3v) is 2.63. The lowest BCUT2D eigenvalue weighted by Crippen LogP contribution is -2.16. The molecule has 2 aromatic rings. The lowest BCUT2D eigenvalue weighted by molar-refractivity contribution is -0.274. The normalized spacial score (nSPS) is 13.0. The molecular weight excluding hydrogens is 243 g/mol. The average molecular weight is 257 g/mol. The molecule has 0 amide bonds. The number of nitrogens with one attached hydrogen (secondary N) is 1. The van der Waals surface area contributed by atoms with Gasteiger partial charge in [0.2, 0.25) is 0 Å². The van der Waals surface area contributed by atoms with Gasteiger partial charge in [0.05, 0.1) is 0 Å². The molecule has 2 rings (SSSR count). The van der Waals surface area contributed by atoms with Crippen LogP contribution in [0.15, 0.2) is 24.3 Å². The van der Waals surface area contributed by atoms with Crippen molar-refractivity contribution < 1.29 is 17.9 Å². The van der Waals surface area contributed by atoms with E-state index in [9.17, 15) is 13.2 Å². The smallest absolute Gasteiger partial charge is 0.406 e. The summed E-state index contributed by atoms with van der Waals surface area (Å²) in [5.41, 5.74) is 1.69. The number of hydrogen-bond donors (Lipinski definition) is 1. The van der Waals surface area contributed by atoms with Crippen LogP contribution >= 0.6 is 0 Å². The molecule has 0 fully saturated rings. The third-order valence-electron chi connectivity index (χ3n) is 2.63. The van der Waals surface area contributed by atoms with Crippen LogP contribution in [0.3, 0.4) is 0 Å². The molecule has 5 heteroatoms. The van der Waals surface area contributed by atoms with Crippen LogP contribution in [0.2, 0.25) is 0 Å². The molecule has 1 N–H and O–H groups in total. The van der Waals surface area contributed by atoms with Crippen LogP contribution in [-0.4, -0.2) is 11.3 Å². The molecule has 2 nitrogen and oxygen atoms in total. The van der Waals surface area contributed by atoms with Crippen LogP contribution in [0.5, 0.6) is 5.75 Å². The van der Waals surface area contributed by atoms with Crippen LogP contribution < -0.4 is 4.74 Å². The van der Waals surface area contributed by atoms with Crippen molar-refractivity contribution in [3.8, 4) is 5.75 Å². The van der Waals surface area contributed by atoms with Crippen LogP contribution in [0, 0.1) is 0 Å². The molecule has 1 heterocycles. The number of rotatable bonds is 1. The standard InChI is InChI=1S/C13H14F3NO/c1-12(2,3)11-7-8-6-9(18-13(14,15)16)4-5-10(8)17-11/h4-7,17H,1-3H3. The first kappa shape index (κ1) is 12.8. The maximum Gasteiger partial charge on any atom is 0.573 e. The van der Waals surface area contributed by atoms with Crippen molar-refractivity contribution in [2.45, 2.75) is 32.5 Å². The van der Waals surface area contributed by atoms with Crippen molar-refractivity contribution in [1.29, 1.82) is 0 Å². The van der Waals surface area contributed by atoms with E-state index in [4.69, 9.17) is 0 Å². The van der Waals surface area contributed by atoms with Crippen molar-refractivity contribution in [3.63, 3.8) is 0 Å². The van der Waals surface area contributed by atoms with E-state index in [2.05, 4.69) is 9.72 Å².